The molecule has 196 valence electrons. The number of amides is 1. The number of nitrogens with one attached hydrogen (secondary N) is 1. The van der Waals surface area contributed by atoms with E-state index in [1.807, 2.05) is 6.07 Å². The normalized spacial score (nSPS) is 20.8. The van der Waals surface area contributed by atoms with E-state index >= 15 is 0 Å². The third-order valence-electron chi connectivity index (χ3n) is 6.86. The molecule has 3 heterocycles. The number of hydrogen-bond donors (Lipinski definition) is 1. The fourth-order valence-corrected chi connectivity index (χ4v) is 4.88. The minimum Gasteiger partial charge on any atom is -0.482 e. The molecule has 1 aliphatic heterocycles. The summed E-state index contributed by atoms with van der Waals surface area (Å²) in [7, 11) is 0. The van der Waals surface area contributed by atoms with Crippen molar-refractivity contribution < 1.29 is 27.4 Å². The Bertz CT molecular complexity index is 982. The van der Waals surface area contributed by atoms with Crippen molar-refractivity contribution in [2.75, 3.05) is 32.8 Å². The summed E-state index contributed by atoms with van der Waals surface area (Å²) in [6.45, 7) is 1.42. The predicted molar refractivity (Wildman–Crippen MR) is 128 cm³/mol. The monoisotopic (exact) mass is 506 g/mol. The van der Waals surface area contributed by atoms with Crippen LogP contribution < -0.4 is 14.8 Å². The minimum atomic E-state index is -4.37. The second kappa shape index (κ2) is 12.4. The number of nitrogens with zero attached hydrogens (tertiary/aromatic N) is 3. The topological polar surface area (TPSA) is 76.6 Å². The molecule has 1 fully saturated rings. The van der Waals surface area contributed by atoms with Gasteiger partial charge in [-0.2, -0.15) is 13.2 Å². The Morgan fingerprint density at radius 1 is 1.08 bits per heavy atom. The first kappa shape index (κ1) is 26.2. The molecule has 1 amide bonds. The molecule has 2 aromatic heterocycles. The summed E-state index contributed by atoms with van der Waals surface area (Å²) in [6.07, 6.45) is 5.64. The third-order valence-corrected chi connectivity index (χ3v) is 6.86. The summed E-state index contributed by atoms with van der Waals surface area (Å²) in [5.41, 5.74) is 1.92. The van der Waals surface area contributed by atoms with Crippen molar-refractivity contribution in [3.63, 3.8) is 0 Å². The number of fused-ring (bicyclic) bond motifs is 1. The van der Waals surface area contributed by atoms with Crippen LogP contribution in [0.3, 0.4) is 0 Å². The number of carbonyl (C=O) groups is 1. The van der Waals surface area contributed by atoms with Gasteiger partial charge in [0.2, 0.25) is 5.88 Å². The molecule has 36 heavy (non-hydrogen) atoms. The zero-order valence-electron chi connectivity index (χ0n) is 20.3. The zero-order chi connectivity index (χ0) is 25.4. The molecule has 0 bridgehead atoms. The van der Waals surface area contributed by atoms with Crippen molar-refractivity contribution in [3.8, 4) is 11.6 Å². The summed E-state index contributed by atoms with van der Waals surface area (Å²) in [5.74, 6) is 1.15. The van der Waals surface area contributed by atoms with Crippen molar-refractivity contribution in [1.82, 2.24) is 20.2 Å². The van der Waals surface area contributed by atoms with Crippen LogP contribution in [0.5, 0.6) is 11.6 Å². The van der Waals surface area contributed by atoms with Crippen LogP contribution in [0.25, 0.3) is 0 Å². The van der Waals surface area contributed by atoms with Crippen LogP contribution in [0.15, 0.2) is 36.7 Å². The summed E-state index contributed by atoms with van der Waals surface area (Å²) in [6, 6.07) is 7.11. The van der Waals surface area contributed by atoms with Crippen LogP contribution in [0.4, 0.5) is 13.2 Å². The van der Waals surface area contributed by atoms with E-state index in [-0.39, 0.29) is 24.4 Å². The van der Waals surface area contributed by atoms with E-state index in [9.17, 15) is 18.0 Å². The van der Waals surface area contributed by atoms with E-state index in [0.29, 0.717) is 18.1 Å². The number of halogens is 3. The van der Waals surface area contributed by atoms with Crippen LogP contribution in [-0.2, 0) is 17.6 Å². The maximum absolute atomic E-state index is 12.4. The highest BCUT2D eigenvalue weighted by atomic mass is 19.4. The van der Waals surface area contributed by atoms with Gasteiger partial charge in [0, 0.05) is 43.5 Å². The Labute approximate surface area is 209 Å². The van der Waals surface area contributed by atoms with Gasteiger partial charge in [-0.3, -0.25) is 9.78 Å². The van der Waals surface area contributed by atoms with Crippen molar-refractivity contribution in [3.05, 3.63) is 47.9 Å². The summed E-state index contributed by atoms with van der Waals surface area (Å²) < 4.78 is 47.5. The molecule has 2 aromatic rings. The number of aromatic nitrogens is 2. The maximum Gasteiger partial charge on any atom is 0.422 e. The van der Waals surface area contributed by atoms with Gasteiger partial charge in [0.15, 0.2) is 13.2 Å². The minimum absolute atomic E-state index is 0.00618. The Morgan fingerprint density at radius 3 is 2.64 bits per heavy atom. The molecule has 4 rings (SSSR count). The lowest BCUT2D eigenvalue weighted by Gasteiger charge is -2.30. The number of alkyl halides is 3. The van der Waals surface area contributed by atoms with E-state index in [2.05, 4.69) is 20.2 Å². The molecule has 7 nitrogen and oxygen atoms in total. The van der Waals surface area contributed by atoms with Crippen LogP contribution in [0.1, 0.15) is 43.4 Å². The molecule has 1 aliphatic carbocycles. The molecular weight excluding hydrogens is 473 g/mol. The van der Waals surface area contributed by atoms with Crippen LogP contribution in [-0.4, -0.2) is 65.8 Å². The summed E-state index contributed by atoms with van der Waals surface area (Å²) >= 11 is 0. The lowest BCUT2D eigenvalue weighted by molar-refractivity contribution is -0.154. The van der Waals surface area contributed by atoms with Gasteiger partial charge >= 0.3 is 6.18 Å². The van der Waals surface area contributed by atoms with Gasteiger partial charge < -0.3 is 19.7 Å². The smallest absolute Gasteiger partial charge is 0.422 e. The zero-order valence-corrected chi connectivity index (χ0v) is 20.3. The van der Waals surface area contributed by atoms with Crippen LogP contribution in [0, 0.1) is 5.92 Å². The molecular formula is C26H33F3N4O3. The van der Waals surface area contributed by atoms with E-state index in [1.54, 1.807) is 24.5 Å². The highest BCUT2D eigenvalue weighted by Gasteiger charge is 2.29. The van der Waals surface area contributed by atoms with Gasteiger partial charge in [-0.25, -0.2) is 4.98 Å². The molecule has 1 saturated carbocycles. The number of rotatable bonds is 9. The van der Waals surface area contributed by atoms with Gasteiger partial charge in [0.1, 0.15) is 5.75 Å². The SMILES string of the molecule is O=C(COc1cccnc1)NC1CCC(CCN2CCc3ccc(OCC(F)(F)F)nc3CC2)CC1. The number of carbonyl (C=O) groups excluding carboxylic acids is 1. The van der Waals surface area contributed by atoms with Crippen molar-refractivity contribution >= 4 is 5.91 Å². The molecule has 0 aromatic carbocycles. The average Bonchev–Trinajstić information content (AvgIpc) is 3.08. The summed E-state index contributed by atoms with van der Waals surface area (Å²) in [5, 5.41) is 3.08. The second-order valence-electron chi connectivity index (χ2n) is 9.55. The number of hydrogen-bond acceptors (Lipinski definition) is 6. The number of ether oxygens (including phenoxy) is 2. The van der Waals surface area contributed by atoms with Gasteiger partial charge in [-0.15, -0.1) is 0 Å². The molecule has 10 heteroatoms. The van der Waals surface area contributed by atoms with Crippen LogP contribution in [0.2, 0.25) is 0 Å². The Kier molecular flexibility index (Phi) is 9.01. The van der Waals surface area contributed by atoms with E-state index < -0.39 is 12.8 Å². The van der Waals surface area contributed by atoms with Gasteiger partial charge in [0.25, 0.3) is 5.91 Å². The van der Waals surface area contributed by atoms with E-state index in [0.717, 1.165) is 69.4 Å². The molecule has 0 radical (unpaired) electrons. The Morgan fingerprint density at radius 2 is 1.89 bits per heavy atom. The lowest BCUT2D eigenvalue weighted by Crippen LogP contribution is -2.40. The molecule has 0 spiro atoms. The summed E-state index contributed by atoms with van der Waals surface area (Å²) in [4.78, 5) is 22.9. The van der Waals surface area contributed by atoms with Gasteiger partial charge in [-0.05, 0) is 68.7 Å². The molecule has 1 N–H and O–H groups in total. The highest BCUT2D eigenvalue weighted by molar-refractivity contribution is 5.77. The van der Waals surface area contributed by atoms with Crippen molar-refractivity contribution in [2.24, 2.45) is 5.92 Å². The maximum atomic E-state index is 12.4. The molecule has 0 saturated heterocycles. The Balaban J connectivity index is 1.13. The average molecular weight is 507 g/mol. The highest BCUT2D eigenvalue weighted by Crippen LogP contribution is 2.28. The first-order valence-corrected chi connectivity index (χ1v) is 12.6. The molecule has 0 atom stereocenters. The predicted octanol–water partition coefficient (Wildman–Crippen LogP) is 3.96. The standard InChI is InChI=1S/C26H33F3N4O3/c27-26(28,29)18-36-25-8-5-20-10-14-33(15-11-23(20)32-25)13-9-19-3-6-21(7-4-19)31-24(34)17-35-22-2-1-12-30-16-22/h1-2,5,8,12,16,19,21H,3-4,6-7,9-11,13-15,17-18H2,(H,31,34). The fraction of sp³-hybridized carbons (Fsp3) is 0.577. The van der Waals surface area contributed by atoms with Crippen molar-refractivity contribution in [1.29, 1.82) is 0 Å². The molecule has 0 unspecified atom stereocenters. The van der Waals surface area contributed by atoms with E-state index in [1.165, 1.54) is 6.07 Å². The van der Waals surface area contributed by atoms with E-state index in [4.69, 9.17) is 9.47 Å². The third kappa shape index (κ3) is 8.36. The first-order valence-electron chi connectivity index (χ1n) is 12.6. The quantitative estimate of drug-likeness (QED) is 0.555. The van der Waals surface area contributed by atoms with Crippen molar-refractivity contribution in [2.45, 2.75) is 57.2 Å². The first-order chi connectivity index (χ1) is 17.3. The molecule has 2 aliphatic rings. The largest absolute Gasteiger partial charge is 0.482 e. The lowest BCUT2D eigenvalue weighted by atomic mass is 9.84. The van der Waals surface area contributed by atoms with Gasteiger partial charge in [0.05, 0.1) is 6.20 Å². The van der Waals surface area contributed by atoms with Gasteiger partial charge in [-0.1, -0.05) is 6.07 Å². The van der Waals surface area contributed by atoms with Crippen LogP contribution >= 0.6 is 0 Å². The second-order valence-corrected chi connectivity index (χ2v) is 9.55. The Hall–Kier alpha value is -2.88. The number of pyridine rings is 2. The fourth-order valence-electron chi connectivity index (χ4n) is 4.88.